The summed E-state index contributed by atoms with van der Waals surface area (Å²) in [5, 5.41) is 2.45. The highest BCUT2D eigenvalue weighted by Gasteiger charge is 2.25. The molecule has 2 amide bonds. The van der Waals surface area contributed by atoms with E-state index < -0.39 is 0 Å². The van der Waals surface area contributed by atoms with Crippen LogP contribution in [0.25, 0.3) is 0 Å². The van der Waals surface area contributed by atoms with Gasteiger partial charge >= 0.3 is 0 Å². The van der Waals surface area contributed by atoms with Crippen LogP contribution in [0.1, 0.15) is 6.42 Å². The first-order chi connectivity index (χ1) is 7.17. The molecule has 0 aromatic rings. The molecule has 0 aliphatic carbocycles. The van der Waals surface area contributed by atoms with Gasteiger partial charge in [0.2, 0.25) is 11.8 Å². The molecule has 0 radical (unpaired) electrons. The number of amides is 2. The van der Waals surface area contributed by atoms with Crippen molar-refractivity contribution in [3.8, 4) is 0 Å². The number of likely N-dealkylation sites (tertiary alicyclic amines) is 1. The minimum Gasteiger partial charge on any atom is -0.380 e. The summed E-state index contributed by atoms with van der Waals surface area (Å²) < 4.78 is 5.14. The number of carbonyl (C=O) groups is 2. The molecule has 6 nitrogen and oxygen atoms in total. The maximum Gasteiger partial charge on any atom is 0.242 e. The molecule has 1 atom stereocenters. The first kappa shape index (κ1) is 11.9. The van der Waals surface area contributed by atoms with Crippen molar-refractivity contribution in [3.05, 3.63) is 0 Å². The Morgan fingerprint density at radius 3 is 2.87 bits per heavy atom. The fourth-order valence-corrected chi connectivity index (χ4v) is 1.51. The molecule has 1 rings (SSSR count). The van der Waals surface area contributed by atoms with Gasteiger partial charge in [0.05, 0.1) is 19.2 Å². The van der Waals surface area contributed by atoms with Crippen molar-refractivity contribution in [1.82, 2.24) is 10.2 Å². The number of nitrogens with zero attached hydrogens (tertiary/aromatic N) is 1. The van der Waals surface area contributed by atoms with Gasteiger partial charge in [0.1, 0.15) is 0 Å². The van der Waals surface area contributed by atoms with E-state index in [1.165, 1.54) is 0 Å². The van der Waals surface area contributed by atoms with E-state index >= 15 is 0 Å². The lowest BCUT2D eigenvalue weighted by Gasteiger charge is -2.16. The van der Waals surface area contributed by atoms with Crippen molar-refractivity contribution >= 4 is 11.8 Å². The number of hydrogen-bond donors (Lipinski definition) is 2. The summed E-state index contributed by atoms with van der Waals surface area (Å²) in [6.45, 7) is 1.23. The molecule has 0 spiro atoms. The van der Waals surface area contributed by atoms with Gasteiger partial charge in [0.25, 0.3) is 0 Å². The molecule has 1 aliphatic rings. The van der Waals surface area contributed by atoms with E-state index in [1.807, 2.05) is 0 Å². The summed E-state index contributed by atoms with van der Waals surface area (Å²) >= 11 is 0. The minimum atomic E-state index is -0.314. The molecule has 1 fully saturated rings. The van der Waals surface area contributed by atoms with Gasteiger partial charge in [-0.1, -0.05) is 0 Å². The smallest absolute Gasteiger partial charge is 0.242 e. The molecule has 0 saturated carbocycles. The molecule has 0 bridgehead atoms. The van der Waals surface area contributed by atoms with E-state index in [-0.39, 0.29) is 31.0 Å². The van der Waals surface area contributed by atoms with Crippen molar-refractivity contribution < 1.29 is 14.3 Å². The monoisotopic (exact) mass is 215 g/mol. The van der Waals surface area contributed by atoms with Crippen LogP contribution >= 0.6 is 0 Å². The van der Waals surface area contributed by atoms with Crippen molar-refractivity contribution in [2.45, 2.75) is 12.5 Å². The third-order valence-corrected chi connectivity index (χ3v) is 2.45. The van der Waals surface area contributed by atoms with Crippen LogP contribution < -0.4 is 11.1 Å². The quantitative estimate of drug-likeness (QED) is 0.586. The first-order valence-electron chi connectivity index (χ1n) is 4.94. The van der Waals surface area contributed by atoms with E-state index in [0.717, 1.165) is 6.42 Å². The van der Waals surface area contributed by atoms with Gasteiger partial charge in [0, 0.05) is 20.2 Å². The Morgan fingerprint density at radius 2 is 2.33 bits per heavy atom. The minimum absolute atomic E-state index is 0.0203. The van der Waals surface area contributed by atoms with Gasteiger partial charge < -0.3 is 20.7 Å². The highest BCUT2D eigenvalue weighted by atomic mass is 16.5. The highest BCUT2D eigenvalue weighted by molar-refractivity contribution is 5.85. The molecule has 1 saturated heterocycles. The predicted molar refractivity (Wildman–Crippen MR) is 54.1 cm³/mol. The summed E-state index contributed by atoms with van der Waals surface area (Å²) in [5.74, 6) is -0.401. The average molecular weight is 215 g/mol. The van der Waals surface area contributed by atoms with E-state index in [1.54, 1.807) is 12.0 Å². The second kappa shape index (κ2) is 5.67. The predicted octanol–water partition coefficient (Wildman–Crippen LogP) is -1.69. The normalized spacial score (nSPS) is 20.4. The molecule has 0 aromatic carbocycles. The zero-order valence-electron chi connectivity index (χ0n) is 8.86. The van der Waals surface area contributed by atoms with E-state index in [9.17, 15) is 9.59 Å². The second-order valence-corrected chi connectivity index (χ2v) is 3.47. The van der Waals surface area contributed by atoms with Gasteiger partial charge in [-0.15, -0.1) is 0 Å². The van der Waals surface area contributed by atoms with Crippen LogP contribution in [-0.2, 0) is 14.3 Å². The number of methoxy groups -OCH3 is 1. The van der Waals surface area contributed by atoms with Crippen LogP contribution in [0.4, 0.5) is 0 Å². The Labute approximate surface area is 88.7 Å². The lowest BCUT2D eigenvalue weighted by molar-refractivity contribution is -0.132. The van der Waals surface area contributed by atoms with Crippen LogP contribution in [-0.4, -0.2) is 56.1 Å². The van der Waals surface area contributed by atoms with Crippen molar-refractivity contribution in [3.63, 3.8) is 0 Å². The summed E-state index contributed by atoms with van der Waals surface area (Å²) in [4.78, 5) is 24.0. The lowest BCUT2D eigenvalue weighted by atomic mass is 10.3. The molecule has 86 valence electrons. The van der Waals surface area contributed by atoms with Gasteiger partial charge in [-0.3, -0.25) is 9.59 Å². The number of ether oxygens (including phenoxy) is 1. The molecule has 6 heteroatoms. The highest BCUT2D eigenvalue weighted by Crippen LogP contribution is 2.11. The summed E-state index contributed by atoms with van der Waals surface area (Å²) in [7, 11) is 1.63. The summed E-state index contributed by atoms with van der Waals surface area (Å²) in [6, 6.07) is 0. The van der Waals surface area contributed by atoms with Crippen molar-refractivity contribution in [1.29, 1.82) is 0 Å². The lowest BCUT2D eigenvalue weighted by Crippen LogP contribution is -2.41. The largest absolute Gasteiger partial charge is 0.380 e. The van der Waals surface area contributed by atoms with Crippen LogP contribution in [0.2, 0.25) is 0 Å². The standard InChI is InChI=1S/C9H17N3O3/c1-15-7-2-3-12(6-7)9(14)5-11-8(13)4-10/h7H,2-6,10H2,1H3,(H,11,13). The van der Waals surface area contributed by atoms with E-state index in [2.05, 4.69) is 5.32 Å². The van der Waals surface area contributed by atoms with Crippen LogP contribution in [0, 0.1) is 0 Å². The Morgan fingerprint density at radius 1 is 1.60 bits per heavy atom. The average Bonchev–Trinajstić information content (AvgIpc) is 2.73. The van der Waals surface area contributed by atoms with Crippen molar-refractivity contribution in [2.24, 2.45) is 5.73 Å². The number of nitrogens with one attached hydrogen (secondary N) is 1. The fourth-order valence-electron chi connectivity index (χ4n) is 1.51. The molecular formula is C9H17N3O3. The van der Waals surface area contributed by atoms with Gasteiger partial charge in [-0.05, 0) is 6.42 Å². The molecule has 1 unspecified atom stereocenters. The molecule has 15 heavy (non-hydrogen) atoms. The molecule has 0 aromatic heterocycles. The zero-order chi connectivity index (χ0) is 11.3. The first-order valence-corrected chi connectivity index (χ1v) is 4.94. The maximum absolute atomic E-state index is 11.5. The number of rotatable bonds is 4. The Bertz CT molecular complexity index is 245. The molecule has 3 N–H and O–H groups in total. The molecule has 1 heterocycles. The Hall–Kier alpha value is -1.14. The number of hydrogen-bond acceptors (Lipinski definition) is 4. The van der Waals surface area contributed by atoms with Crippen LogP contribution in [0.15, 0.2) is 0 Å². The molecular weight excluding hydrogens is 198 g/mol. The van der Waals surface area contributed by atoms with E-state index in [0.29, 0.717) is 13.1 Å². The Kier molecular flexibility index (Phi) is 4.51. The third kappa shape index (κ3) is 3.49. The number of nitrogens with two attached hydrogens (primary N) is 1. The van der Waals surface area contributed by atoms with Crippen LogP contribution in [0.5, 0.6) is 0 Å². The fraction of sp³-hybridized carbons (Fsp3) is 0.778. The summed E-state index contributed by atoms with van der Waals surface area (Å²) in [6.07, 6.45) is 0.978. The zero-order valence-corrected chi connectivity index (χ0v) is 8.86. The topological polar surface area (TPSA) is 84.7 Å². The second-order valence-electron chi connectivity index (χ2n) is 3.47. The third-order valence-electron chi connectivity index (χ3n) is 2.45. The van der Waals surface area contributed by atoms with Gasteiger partial charge in [0.15, 0.2) is 0 Å². The summed E-state index contributed by atoms with van der Waals surface area (Å²) in [5.41, 5.74) is 5.10. The van der Waals surface area contributed by atoms with E-state index in [4.69, 9.17) is 10.5 Å². The molecule has 1 aliphatic heterocycles. The Balaban J connectivity index is 2.26. The number of carbonyl (C=O) groups excluding carboxylic acids is 2. The van der Waals surface area contributed by atoms with Gasteiger partial charge in [-0.25, -0.2) is 0 Å². The maximum atomic E-state index is 11.5. The SMILES string of the molecule is COC1CCN(C(=O)CNC(=O)CN)C1. The van der Waals surface area contributed by atoms with Crippen LogP contribution in [0.3, 0.4) is 0 Å². The van der Waals surface area contributed by atoms with Gasteiger partial charge in [-0.2, -0.15) is 0 Å². The van der Waals surface area contributed by atoms with Crippen molar-refractivity contribution in [2.75, 3.05) is 33.3 Å².